The van der Waals surface area contributed by atoms with E-state index < -0.39 is 0 Å². The number of H-pyrrole nitrogens is 1. The number of hydrogen-bond donors (Lipinski definition) is 2. The zero-order valence-electron chi connectivity index (χ0n) is 11.1. The molecule has 0 radical (unpaired) electrons. The SMILES string of the molecule is NCCCN(C(=O)c1c[nH]ccc1=O)C1CCCC1. The van der Waals surface area contributed by atoms with E-state index in [1.165, 1.54) is 12.3 Å². The fraction of sp³-hybridized carbons (Fsp3) is 0.571. The van der Waals surface area contributed by atoms with Crippen LogP contribution in [-0.2, 0) is 0 Å². The van der Waals surface area contributed by atoms with Gasteiger partial charge in [-0.1, -0.05) is 12.8 Å². The number of rotatable bonds is 5. The molecule has 0 spiro atoms. The minimum absolute atomic E-state index is 0.165. The normalized spacial score (nSPS) is 15.6. The Morgan fingerprint density at radius 2 is 2.16 bits per heavy atom. The second-order valence-corrected chi connectivity index (χ2v) is 5.00. The van der Waals surface area contributed by atoms with Crippen molar-refractivity contribution in [1.29, 1.82) is 0 Å². The summed E-state index contributed by atoms with van der Waals surface area (Å²) in [4.78, 5) is 28.9. The van der Waals surface area contributed by atoms with Crippen LogP contribution >= 0.6 is 0 Å². The zero-order chi connectivity index (χ0) is 13.7. The molecule has 0 aromatic carbocycles. The largest absolute Gasteiger partial charge is 0.367 e. The van der Waals surface area contributed by atoms with Crippen LogP contribution in [0.4, 0.5) is 0 Å². The Hall–Kier alpha value is -1.62. The number of nitrogens with zero attached hydrogens (tertiary/aromatic N) is 1. The smallest absolute Gasteiger partial charge is 0.259 e. The van der Waals surface area contributed by atoms with E-state index in [1.807, 2.05) is 4.90 Å². The van der Waals surface area contributed by atoms with Crippen LogP contribution in [0.3, 0.4) is 0 Å². The summed E-state index contributed by atoms with van der Waals surface area (Å²) in [7, 11) is 0. The number of hydrogen-bond acceptors (Lipinski definition) is 3. The van der Waals surface area contributed by atoms with Gasteiger partial charge in [0, 0.05) is 31.0 Å². The first kappa shape index (κ1) is 13.8. The molecule has 0 bridgehead atoms. The number of carbonyl (C=O) groups is 1. The van der Waals surface area contributed by atoms with Crippen molar-refractivity contribution >= 4 is 5.91 Å². The first-order valence-corrected chi connectivity index (χ1v) is 6.92. The number of aromatic nitrogens is 1. The average molecular weight is 263 g/mol. The van der Waals surface area contributed by atoms with Crippen LogP contribution < -0.4 is 11.2 Å². The molecule has 1 fully saturated rings. The van der Waals surface area contributed by atoms with Gasteiger partial charge in [-0.15, -0.1) is 0 Å². The topological polar surface area (TPSA) is 79.2 Å². The highest BCUT2D eigenvalue weighted by molar-refractivity contribution is 5.94. The second-order valence-electron chi connectivity index (χ2n) is 5.00. The van der Waals surface area contributed by atoms with Gasteiger partial charge in [0.2, 0.25) is 0 Å². The van der Waals surface area contributed by atoms with Crippen molar-refractivity contribution < 1.29 is 4.79 Å². The van der Waals surface area contributed by atoms with Crippen molar-refractivity contribution in [2.45, 2.75) is 38.1 Å². The third kappa shape index (κ3) is 3.23. The molecule has 1 heterocycles. The van der Waals surface area contributed by atoms with E-state index in [-0.39, 0.29) is 22.9 Å². The molecule has 0 unspecified atom stereocenters. The van der Waals surface area contributed by atoms with Crippen molar-refractivity contribution in [2.24, 2.45) is 5.73 Å². The van der Waals surface area contributed by atoms with E-state index in [0.717, 1.165) is 32.1 Å². The number of aromatic amines is 1. The third-order valence-electron chi connectivity index (χ3n) is 3.68. The fourth-order valence-corrected chi connectivity index (χ4v) is 2.67. The highest BCUT2D eigenvalue weighted by atomic mass is 16.2. The van der Waals surface area contributed by atoms with Crippen LogP contribution in [0.5, 0.6) is 0 Å². The lowest BCUT2D eigenvalue weighted by Crippen LogP contribution is -2.42. The summed E-state index contributed by atoms with van der Waals surface area (Å²) in [5, 5.41) is 0. The van der Waals surface area contributed by atoms with Gasteiger partial charge in [0.1, 0.15) is 5.56 Å². The van der Waals surface area contributed by atoms with E-state index in [2.05, 4.69) is 4.98 Å². The Kier molecular flexibility index (Phi) is 4.74. The fourth-order valence-electron chi connectivity index (χ4n) is 2.67. The molecular formula is C14H21N3O2. The maximum atomic E-state index is 12.5. The van der Waals surface area contributed by atoms with Crippen LogP contribution in [-0.4, -0.2) is 34.9 Å². The van der Waals surface area contributed by atoms with E-state index >= 15 is 0 Å². The van der Waals surface area contributed by atoms with Crippen molar-refractivity contribution in [3.05, 3.63) is 34.2 Å². The molecule has 5 heteroatoms. The first-order chi connectivity index (χ1) is 9.24. The number of carbonyl (C=O) groups excluding carboxylic acids is 1. The summed E-state index contributed by atoms with van der Waals surface area (Å²) in [6.45, 7) is 1.19. The molecule has 3 N–H and O–H groups in total. The Morgan fingerprint density at radius 1 is 1.42 bits per heavy atom. The van der Waals surface area contributed by atoms with Crippen LogP contribution in [0.1, 0.15) is 42.5 Å². The van der Waals surface area contributed by atoms with E-state index in [9.17, 15) is 9.59 Å². The number of pyridine rings is 1. The molecule has 1 saturated carbocycles. The van der Waals surface area contributed by atoms with E-state index in [1.54, 1.807) is 6.20 Å². The lowest BCUT2D eigenvalue weighted by molar-refractivity contribution is 0.0678. The number of nitrogens with two attached hydrogens (primary N) is 1. The lowest BCUT2D eigenvalue weighted by Gasteiger charge is -2.28. The standard InChI is InChI=1S/C14H21N3O2/c15-7-3-9-17(11-4-1-2-5-11)14(19)12-10-16-8-6-13(12)18/h6,8,10-11H,1-5,7,9,15H2,(H,16,18). The molecule has 104 valence electrons. The summed E-state index contributed by atoms with van der Waals surface area (Å²) >= 11 is 0. The quantitative estimate of drug-likeness (QED) is 0.835. The molecule has 19 heavy (non-hydrogen) atoms. The van der Waals surface area contributed by atoms with Crippen LogP contribution in [0, 0.1) is 0 Å². The van der Waals surface area contributed by atoms with Crippen LogP contribution in [0.25, 0.3) is 0 Å². The van der Waals surface area contributed by atoms with Gasteiger partial charge in [0.25, 0.3) is 5.91 Å². The number of amides is 1. The van der Waals surface area contributed by atoms with Gasteiger partial charge in [0.15, 0.2) is 5.43 Å². The van der Waals surface area contributed by atoms with Gasteiger partial charge in [-0.05, 0) is 25.8 Å². The number of nitrogens with one attached hydrogen (secondary N) is 1. The molecule has 2 rings (SSSR count). The van der Waals surface area contributed by atoms with Crippen molar-refractivity contribution in [3.8, 4) is 0 Å². The first-order valence-electron chi connectivity index (χ1n) is 6.92. The van der Waals surface area contributed by atoms with Crippen molar-refractivity contribution in [3.63, 3.8) is 0 Å². The predicted octanol–water partition coefficient (Wildman–Crippen LogP) is 1.11. The minimum atomic E-state index is -0.223. The minimum Gasteiger partial charge on any atom is -0.367 e. The average Bonchev–Trinajstić information content (AvgIpc) is 2.93. The molecule has 0 aliphatic heterocycles. The van der Waals surface area contributed by atoms with Crippen molar-refractivity contribution in [1.82, 2.24) is 9.88 Å². The molecule has 0 atom stereocenters. The molecule has 1 aliphatic rings. The summed E-state index contributed by atoms with van der Waals surface area (Å²) < 4.78 is 0. The summed E-state index contributed by atoms with van der Waals surface area (Å²) in [5.41, 5.74) is 5.54. The molecule has 1 amide bonds. The zero-order valence-corrected chi connectivity index (χ0v) is 11.1. The van der Waals surface area contributed by atoms with Gasteiger partial charge in [-0.25, -0.2) is 0 Å². The van der Waals surface area contributed by atoms with Gasteiger partial charge in [-0.3, -0.25) is 9.59 Å². The van der Waals surface area contributed by atoms with Gasteiger partial charge < -0.3 is 15.6 Å². The Bertz CT molecular complexity index is 478. The second kappa shape index (κ2) is 6.52. The molecule has 0 saturated heterocycles. The van der Waals surface area contributed by atoms with E-state index in [4.69, 9.17) is 5.73 Å². The van der Waals surface area contributed by atoms with Gasteiger partial charge in [0.05, 0.1) is 0 Å². The molecule has 1 aromatic heterocycles. The molecule has 1 aromatic rings. The van der Waals surface area contributed by atoms with Crippen LogP contribution in [0.2, 0.25) is 0 Å². The van der Waals surface area contributed by atoms with E-state index in [0.29, 0.717) is 13.1 Å². The highest BCUT2D eigenvalue weighted by Gasteiger charge is 2.27. The summed E-state index contributed by atoms with van der Waals surface area (Å²) in [6.07, 6.45) is 8.17. The van der Waals surface area contributed by atoms with Gasteiger partial charge >= 0.3 is 0 Å². The van der Waals surface area contributed by atoms with Gasteiger partial charge in [-0.2, -0.15) is 0 Å². The Morgan fingerprint density at radius 3 is 2.79 bits per heavy atom. The molecule has 1 aliphatic carbocycles. The molecule has 5 nitrogen and oxygen atoms in total. The van der Waals surface area contributed by atoms with Crippen molar-refractivity contribution in [2.75, 3.05) is 13.1 Å². The summed E-state index contributed by atoms with van der Waals surface area (Å²) in [5.74, 6) is -0.165. The monoisotopic (exact) mass is 263 g/mol. The maximum absolute atomic E-state index is 12.5. The predicted molar refractivity (Wildman–Crippen MR) is 74.0 cm³/mol. The third-order valence-corrected chi connectivity index (χ3v) is 3.68. The lowest BCUT2D eigenvalue weighted by atomic mass is 10.1. The highest BCUT2D eigenvalue weighted by Crippen LogP contribution is 2.24. The maximum Gasteiger partial charge on any atom is 0.259 e. The molecular weight excluding hydrogens is 242 g/mol. The van der Waals surface area contributed by atoms with Crippen LogP contribution in [0.15, 0.2) is 23.3 Å². The summed E-state index contributed by atoms with van der Waals surface area (Å²) in [6, 6.07) is 1.65. The Labute approximate surface area is 112 Å². The Balaban J connectivity index is 2.19.